The molecule has 0 radical (unpaired) electrons. The number of carbonyl (C=O) groups excluding carboxylic acids is 1. The van der Waals surface area contributed by atoms with Gasteiger partial charge >= 0.3 is 0 Å². The highest BCUT2D eigenvalue weighted by Gasteiger charge is 2.37. The molecule has 7 nitrogen and oxygen atoms in total. The predicted molar refractivity (Wildman–Crippen MR) is 67.5 cm³/mol. The average Bonchev–Trinajstić information content (AvgIpc) is 2.99. The summed E-state index contributed by atoms with van der Waals surface area (Å²) in [5.41, 5.74) is 0.0636. The lowest BCUT2D eigenvalue weighted by molar-refractivity contribution is 0.00873. The number of aromatic nitrogens is 3. The van der Waals surface area contributed by atoms with Gasteiger partial charge in [-0.1, -0.05) is 0 Å². The Hall–Kier alpha value is -1.47. The van der Waals surface area contributed by atoms with E-state index in [0.29, 0.717) is 25.4 Å². The van der Waals surface area contributed by atoms with Crippen molar-refractivity contribution in [3.63, 3.8) is 0 Å². The molecule has 0 unspecified atom stereocenters. The first-order valence-corrected chi connectivity index (χ1v) is 6.46. The van der Waals surface area contributed by atoms with E-state index in [1.807, 2.05) is 0 Å². The van der Waals surface area contributed by atoms with Crippen molar-refractivity contribution in [1.82, 2.24) is 20.3 Å². The van der Waals surface area contributed by atoms with Crippen LogP contribution < -0.4 is 0 Å². The Morgan fingerprint density at radius 1 is 1.68 bits per heavy atom. The molecule has 1 atom stereocenters. The van der Waals surface area contributed by atoms with E-state index in [2.05, 4.69) is 15.4 Å². The maximum Gasteiger partial charge on any atom is 0.276 e. The normalized spacial score (nSPS) is 23.6. The first-order valence-electron chi connectivity index (χ1n) is 6.46. The number of amides is 1. The van der Waals surface area contributed by atoms with Gasteiger partial charge in [-0.25, -0.2) is 0 Å². The number of hydrogen-bond acceptors (Lipinski definition) is 5. The third kappa shape index (κ3) is 3.10. The van der Waals surface area contributed by atoms with Gasteiger partial charge in [-0.2, -0.15) is 15.4 Å². The molecule has 1 aliphatic heterocycles. The maximum atomic E-state index is 12.2. The van der Waals surface area contributed by atoms with E-state index in [4.69, 9.17) is 4.74 Å². The number of likely N-dealkylation sites (tertiary alicyclic amines) is 1. The zero-order valence-corrected chi connectivity index (χ0v) is 11.1. The van der Waals surface area contributed by atoms with Crippen LogP contribution in [0.4, 0.5) is 0 Å². The molecule has 0 bridgehead atoms. The average molecular weight is 268 g/mol. The summed E-state index contributed by atoms with van der Waals surface area (Å²) in [5.74, 6) is -0.135. The van der Waals surface area contributed by atoms with Crippen LogP contribution in [0.15, 0.2) is 6.20 Å². The molecule has 19 heavy (non-hydrogen) atoms. The van der Waals surface area contributed by atoms with Gasteiger partial charge in [0.15, 0.2) is 5.69 Å². The number of nitrogens with zero attached hydrogens (tertiary/aromatic N) is 3. The first kappa shape index (κ1) is 14.0. The highest BCUT2D eigenvalue weighted by Crippen LogP contribution is 2.33. The Labute approximate surface area is 111 Å². The van der Waals surface area contributed by atoms with Crippen LogP contribution in [-0.4, -0.2) is 64.7 Å². The van der Waals surface area contributed by atoms with Crippen molar-refractivity contribution >= 4 is 5.91 Å². The van der Waals surface area contributed by atoms with Gasteiger partial charge in [0.05, 0.1) is 12.8 Å². The SMILES string of the molecule is COCC[C@]1(CO)CCCN(C(=O)c2cn[nH]n2)C1. The molecule has 1 saturated heterocycles. The van der Waals surface area contributed by atoms with Crippen LogP contribution in [0.2, 0.25) is 0 Å². The van der Waals surface area contributed by atoms with Crippen molar-refractivity contribution in [2.45, 2.75) is 19.3 Å². The number of hydrogen-bond donors (Lipinski definition) is 2. The molecular weight excluding hydrogens is 248 g/mol. The van der Waals surface area contributed by atoms with Crippen LogP contribution in [-0.2, 0) is 4.74 Å². The summed E-state index contributed by atoms with van der Waals surface area (Å²) in [7, 11) is 1.65. The molecule has 1 aromatic heterocycles. The van der Waals surface area contributed by atoms with Gasteiger partial charge in [0.1, 0.15) is 0 Å². The van der Waals surface area contributed by atoms with Crippen molar-refractivity contribution < 1.29 is 14.6 Å². The number of carbonyl (C=O) groups is 1. The molecule has 0 aromatic carbocycles. The molecule has 2 rings (SSSR count). The van der Waals surface area contributed by atoms with Crippen LogP contribution in [0.3, 0.4) is 0 Å². The lowest BCUT2D eigenvalue weighted by atomic mass is 9.78. The summed E-state index contributed by atoms with van der Waals surface area (Å²) in [6.45, 7) is 1.89. The van der Waals surface area contributed by atoms with Crippen molar-refractivity contribution in [2.75, 3.05) is 33.4 Å². The molecule has 0 spiro atoms. The third-order valence-corrected chi connectivity index (χ3v) is 3.75. The van der Waals surface area contributed by atoms with Crippen LogP contribution in [0.25, 0.3) is 0 Å². The molecule has 0 aliphatic carbocycles. The van der Waals surface area contributed by atoms with Gasteiger partial charge in [-0.15, -0.1) is 0 Å². The minimum Gasteiger partial charge on any atom is -0.396 e. The standard InChI is InChI=1S/C12H20N4O3/c1-19-6-4-12(9-17)3-2-5-16(8-12)11(18)10-7-13-15-14-10/h7,17H,2-6,8-9H2,1H3,(H,13,14,15)/t12-/m1/s1. The number of piperidine rings is 1. The number of methoxy groups -OCH3 is 1. The Kier molecular flexibility index (Phi) is 4.49. The fourth-order valence-corrected chi connectivity index (χ4v) is 2.58. The molecule has 1 fully saturated rings. The minimum absolute atomic E-state index is 0.0684. The molecule has 0 saturated carbocycles. The summed E-state index contributed by atoms with van der Waals surface area (Å²) in [5, 5.41) is 19.6. The van der Waals surface area contributed by atoms with Gasteiger partial charge in [-0.3, -0.25) is 4.79 Å². The van der Waals surface area contributed by atoms with Gasteiger partial charge in [0.2, 0.25) is 0 Å². The summed E-state index contributed by atoms with van der Waals surface area (Å²) < 4.78 is 5.10. The lowest BCUT2D eigenvalue weighted by Crippen LogP contribution is -2.48. The molecule has 2 heterocycles. The lowest BCUT2D eigenvalue weighted by Gasteiger charge is -2.41. The van der Waals surface area contributed by atoms with E-state index in [9.17, 15) is 9.90 Å². The van der Waals surface area contributed by atoms with Gasteiger partial charge in [0, 0.05) is 32.2 Å². The van der Waals surface area contributed by atoms with Gasteiger partial charge in [-0.05, 0) is 19.3 Å². The molecule has 106 valence electrons. The van der Waals surface area contributed by atoms with Crippen molar-refractivity contribution in [3.8, 4) is 0 Å². The second-order valence-corrected chi connectivity index (χ2v) is 5.09. The molecular formula is C12H20N4O3. The highest BCUT2D eigenvalue weighted by molar-refractivity contribution is 5.91. The van der Waals surface area contributed by atoms with Crippen LogP contribution in [0.1, 0.15) is 29.8 Å². The largest absolute Gasteiger partial charge is 0.396 e. The first-order chi connectivity index (χ1) is 9.21. The van der Waals surface area contributed by atoms with E-state index >= 15 is 0 Å². The van der Waals surface area contributed by atoms with Crippen molar-refractivity contribution in [2.24, 2.45) is 5.41 Å². The number of H-pyrrole nitrogens is 1. The smallest absolute Gasteiger partial charge is 0.276 e. The number of ether oxygens (including phenoxy) is 1. The van der Waals surface area contributed by atoms with E-state index < -0.39 is 0 Å². The Balaban J connectivity index is 2.05. The molecule has 1 amide bonds. The Morgan fingerprint density at radius 2 is 2.53 bits per heavy atom. The van der Waals surface area contributed by atoms with Crippen molar-refractivity contribution in [1.29, 1.82) is 0 Å². The van der Waals surface area contributed by atoms with Crippen LogP contribution >= 0.6 is 0 Å². The molecule has 7 heteroatoms. The number of aliphatic hydroxyl groups is 1. The van der Waals surface area contributed by atoms with Gasteiger partial charge < -0.3 is 14.7 Å². The number of nitrogens with one attached hydrogen (secondary N) is 1. The van der Waals surface area contributed by atoms with Crippen LogP contribution in [0, 0.1) is 5.41 Å². The third-order valence-electron chi connectivity index (χ3n) is 3.75. The maximum absolute atomic E-state index is 12.2. The molecule has 2 N–H and O–H groups in total. The topological polar surface area (TPSA) is 91.3 Å². The monoisotopic (exact) mass is 268 g/mol. The summed E-state index contributed by atoms with van der Waals surface area (Å²) in [4.78, 5) is 14.0. The minimum atomic E-state index is -0.256. The van der Waals surface area contributed by atoms with E-state index in [0.717, 1.165) is 19.3 Å². The number of aliphatic hydroxyl groups excluding tert-OH is 1. The summed E-state index contributed by atoms with van der Waals surface area (Å²) >= 11 is 0. The summed E-state index contributed by atoms with van der Waals surface area (Å²) in [6, 6.07) is 0. The van der Waals surface area contributed by atoms with E-state index in [1.54, 1.807) is 12.0 Å². The highest BCUT2D eigenvalue weighted by atomic mass is 16.5. The zero-order chi connectivity index (χ0) is 13.7. The quantitative estimate of drug-likeness (QED) is 0.787. The van der Waals surface area contributed by atoms with Crippen molar-refractivity contribution in [3.05, 3.63) is 11.9 Å². The van der Waals surface area contributed by atoms with Crippen LogP contribution in [0.5, 0.6) is 0 Å². The zero-order valence-electron chi connectivity index (χ0n) is 11.1. The second kappa shape index (κ2) is 6.12. The molecule has 1 aliphatic rings. The fraction of sp³-hybridized carbons (Fsp3) is 0.750. The van der Waals surface area contributed by atoms with E-state index in [-0.39, 0.29) is 17.9 Å². The fourth-order valence-electron chi connectivity index (χ4n) is 2.58. The van der Waals surface area contributed by atoms with E-state index in [1.165, 1.54) is 6.20 Å². The predicted octanol–water partition coefficient (Wildman–Crippen LogP) is 0.0559. The van der Waals surface area contributed by atoms with Gasteiger partial charge in [0.25, 0.3) is 5.91 Å². The Bertz CT molecular complexity index is 409. The number of aromatic amines is 1. The summed E-state index contributed by atoms with van der Waals surface area (Å²) in [6.07, 6.45) is 3.97. The Morgan fingerprint density at radius 3 is 3.16 bits per heavy atom. The second-order valence-electron chi connectivity index (χ2n) is 5.09. The molecule has 1 aromatic rings. The number of rotatable bonds is 5.